The third-order valence-electron chi connectivity index (χ3n) is 4.38. The summed E-state index contributed by atoms with van der Waals surface area (Å²) >= 11 is 0. The maximum atomic E-state index is 12.4. The van der Waals surface area contributed by atoms with Crippen molar-refractivity contribution >= 4 is 5.97 Å². The Morgan fingerprint density at radius 1 is 1.00 bits per heavy atom. The minimum atomic E-state index is -0.382. The molecule has 0 atom stereocenters. The highest BCUT2D eigenvalue weighted by atomic mass is 16.5. The van der Waals surface area contributed by atoms with E-state index in [0.29, 0.717) is 17.1 Å². The van der Waals surface area contributed by atoms with Crippen LogP contribution in [0.1, 0.15) is 27.2 Å². The fourth-order valence-corrected chi connectivity index (χ4v) is 2.78. The number of nitrogens with zero attached hydrogens (tertiary/aromatic N) is 2. The number of aryl methyl sites for hydroxylation is 2. The number of benzene rings is 2. The Labute approximate surface area is 158 Å². The van der Waals surface area contributed by atoms with Crippen molar-refractivity contribution in [2.24, 2.45) is 0 Å². The topological polar surface area (TPSA) is 62.6 Å². The van der Waals surface area contributed by atoms with Gasteiger partial charge in [0, 0.05) is 11.9 Å². The zero-order valence-corrected chi connectivity index (χ0v) is 15.9. The molecule has 3 rings (SSSR count). The summed E-state index contributed by atoms with van der Waals surface area (Å²) in [4.78, 5) is 12.4. The Hall–Kier alpha value is -3.28. The number of esters is 1. The van der Waals surface area contributed by atoms with Gasteiger partial charge in [0.25, 0.3) is 0 Å². The number of hydrogen-bond acceptors (Lipinski definition) is 5. The highest BCUT2D eigenvalue weighted by Gasteiger charge is 2.12. The van der Waals surface area contributed by atoms with E-state index in [-0.39, 0.29) is 12.6 Å². The lowest BCUT2D eigenvalue weighted by atomic mass is 10.1. The van der Waals surface area contributed by atoms with Crippen LogP contribution in [0.5, 0.6) is 11.5 Å². The second-order valence-corrected chi connectivity index (χ2v) is 6.14. The summed E-state index contributed by atoms with van der Waals surface area (Å²) in [5.74, 6) is 0.871. The molecule has 140 valence electrons. The van der Waals surface area contributed by atoms with Crippen LogP contribution in [0.25, 0.3) is 5.69 Å². The Bertz CT molecular complexity index is 945. The van der Waals surface area contributed by atoms with Gasteiger partial charge in [-0.05, 0) is 67.4 Å². The summed E-state index contributed by atoms with van der Waals surface area (Å²) in [5, 5.41) is 4.26. The van der Waals surface area contributed by atoms with Crippen LogP contribution in [0.4, 0.5) is 0 Å². The standard InChI is InChI=1S/C21H22N2O4/c1-14-11-19(25-3)20(26-4)12-17(14)13-27-21(24)16-5-7-18(8-6-16)23-15(2)9-10-22-23/h5-12H,13H2,1-4H3. The number of hydrogen-bond donors (Lipinski definition) is 0. The van der Waals surface area contributed by atoms with Crippen molar-refractivity contribution in [3.8, 4) is 17.2 Å². The van der Waals surface area contributed by atoms with Crippen LogP contribution >= 0.6 is 0 Å². The molecule has 0 aliphatic carbocycles. The van der Waals surface area contributed by atoms with E-state index >= 15 is 0 Å². The molecule has 27 heavy (non-hydrogen) atoms. The van der Waals surface area contributed by atoms with Crippen LogP contribution in [0.3, 0.4) is 0 Å². The van der Waals surface area contributed by atoms with Crippen LogP contribution in [-0.2, 0) is 11.3 Å². The normalized spacial score (nSPS) is 10.5. The van der Waals surface area contributed by atoms with E-state index in [2.05, 4.69) is 5.10 Å². The third-order valence-corrected chi connectivity index (χ3v) is 4.38. The summed E-state index contributed by atoms with van der Waals surface area (Å²) in [6.45, 7) is 4.07. The lowest BCUT2D eigenvalue weighted by Gasteiger charge is -2.13. The maximum absolute atomic E-state index is 12.4. The molecular formula is C21H22N2O4. The molecule has 6 nitrogen and oxygen atoms in total. The van der Waals surface area contributed by atoms with Gasteiger partial charge in [-0.3, -0.25) is 0 Å². The van der Waals surface area contributed by atoms with Crippen LogP contribution < -0.4 is 9.47 Å². The van der Waals surface area contributed by atoms with Crippen LogP contribution in [0.2, 0.25) is 0 Å². The van der Waals surface area contributed by atoms with E-state index < -0.39 is 0 Å². The summed E-state index contributed by atoms with van der Waals surface area (Å²) in [6.07, 6.45) is 1.74. The quantitative estimate of drug-likeness (QED) is 0.620. The van der Waals surface area contributed by atoms with Crippen molar-refractivity contribution in [2.45, 2.75) is 20.5 Å². The number of ether oxygens (including phenoxy) is 3. The summed E-state index contributed by atoms with van der Waals surface area (Å²) in [7, 11) is 3.16. The first-order valence-electron chi connectivity index (χ1n) is 8.53. The molecule has 0 saturated carbocycles. The number of carbonyl (C=O) groups excluding carboxylic acids is 1. The second kappa shape index (κ2) is 7.95. The average Bonchev–Trinajstić information content (AvgIpc) is 3.12. The fraction of sp³-hybridized carbons (Fsp3) is 0.238. The molecule has 0 amide bonds. The smallest absolute Gasteiger partial charge is 0.338 e. The van der Waals surface area contributed by atoms with Gasteiger partial charge in [-0.2, -0.15) is 5.10 Å². The summed E-state index contributed by atoms with van der Waals surface area (Å²) in [6, 6.07) is 12.8. The van der Waals surface area contributed by atoms with E-state index in [0.717, 1.165) is 22.5 Å². The Morgan fingerprint density at radius 2 is 1.67 bits per heavy atom. The fourth-order valence-electron chi connectivity index (χ4n) is 2.78. The molecule has 6 heteroatoms. The molecule has 3 aromatic rings. The third kappa shape index (κ3) is 3.95. The monoisotopic (exact) mass is 366 g/mol. The molecule has 0 aliphatic heterocycles. The number of aromatic nitrogens is 2. The molecular weight excluding hydrogens is 344 g/mol. The van der Waals surface area contributed by atoms with E-state index in [1.165, 1.54) is 0 Å². The largest absolute Gasteiger partial charge is 0.493 e. The van der Waals surface area contributed by atoms with Crippen molar-refractivity contribution in [3.63, 3.8) is 0 Å². The van der Waals surface area contributed by atoms with Gasteiger partial charge in [0.15, 0.2) is 11.5 Å². The Morgan fingerprint density at radius 3 is 2.26 bits per heavy atom. The molecule has 1 aromatic heterocycles. The summed E-state index contributed by atoms with van der Waals surface area (Å²) < 4.78 is 17.9. The van der Waals surface area contributed by atoms with E-state index in [1.54, 1.807) is 32.5 Å². The lowest BCUT2D eigenvalue weighted by Crippen LogP contribution is -2.07. The number of carbonyl (C=O) groups is 1. The maximum Gasteiger partial charge on any atom is 0.338 e. The van der Waals surface area contributed by atoms with Gasteiger partial charge < -0.3 is 14.2 Å². The van der Waals surface area contributed by atoms with Crippen molar-refractivity contribution in [1.82, 2.24) is 9.78 Å². The Balaban J connectivity index is 1.70. The van der Waals surface area contributed by atoms with Crippen LogP contribution in [0, 0.1) is 13.8 Å². The van der Waals surface area contributed by atoms with Gasteiger partial charge in [0.05, 0.1) is 25.5 Å². The molecule has 1 heterocycles. The second-order valence-electron chi connectivity index (χ2n) is 6.14. The van der Waals surface area contributed by atoms with Crippen molar-refractivity contribution < 1.29 is 19.0 Å². The predicted octanol–water partition coefficient (Wildman–Crippen LogP) is 3.86. The highest BCUT2D eigenvalue weighted by Crippen LogP contribution is 2.30. The molecule has 0 saturated heterocycles. The molecule has 0 fully saturated rings. The van der Waals surface area contributed by atoms with Gasteiger partial charge in [-0.15, -0.1) is 0 Å². The van der Waals surface area contributed by atoms with Gasteiger partial charge >= 0.3 is 5.97 Å². The molecule has 0 radical (unpaired) electrons. The first-order valence-corrected chi connectivity index (χ1v) is 8.53. The van der Waals surface area contributed by atoms with Crippen molar-refractivity contribution in [1.29, 1.82) is 0 Å². The molecule has 0 aliphatic rings. The number of methoxy groups -OCH3 is 2. The van der Waals surface area contributed by atoms with Crippen LogP contribution in [0.15, 0.2) is 48.7 Å². The zero-order valence-electron chi connectivity index (χ0n) is 15.9. The minimum Gasteiger partial charge on any atom is -0.493 e. The Kier molecular flexibility index (Phi) is 5.45. The van der Waals surface area contributed by atoms with Crippen molar-refractivity contribution in [3.05, 3.63) is 71.0 Å². The molecule has 0 bridgehead atoms. The minimum absolute atomic E-state index is 0.158. The molecule has 0 unspecified atom stereocenters. The first-order chi connectivity index (χ1) is 13.0. The van der Waals surface area contributed by atoms with Gasteiger partial charge in [-0.1, -0.05) is 0 Å². The van der Waals surface area contributed by atoms with Gasteiger partial charge in [0.2, 0.25) is 0 Å². The average molecular weight is 366 g/mol. The van der Waals surface area contributed by atoms with Crippen molar-refractivity contribution in [2.75, 3.05) is 14.2 Å². The SMILES string of the molecule is COc1cc(C)c(COC(=O)c2ccc(-n3nccc3C)cc2)cc1OC. The van der Waals surface area contributed by atoms with Gasteiger partial charge in [0.1, 0.15) is 6.61 Å². The van der Waals surface area contributed by atoms with E-state index in [9.17, 15) is 4.79 Å². The lowest BCUT2D eigenvalue weighted by molar-refractivity contribution is 0.0472. The van der Waals surface area contributed by atoms with Gasteiger partial charge in [-0.25, -0.2) is 9.48 Å². The van der Waals surface area contributed by atoms with Crippen LogP contribution in [-0.4, -0.2) is 30.0 Å². The highest BCUT2D eigenvalue weighted by molar-refractivity contribution is 5.89. The summed E-state index contributed by atoms with van der Waals surface area (Å²) in [5.41, 5.74) is 4.23. The van der Waals surface area contributed by atoms with E-state index in [4.69, 9.17) is 14.2 Å². The molecule has 0 N–H and O–H groups in total. The zero-order chi connectivity index (χ0) is 19.4. The van der Waals surface area contributed by atoms with E-state index in [1.807, 2.05) is 48.9 Å². The first kappa shape index (κ1) is 18.5. The number of rotatable bonds is 6. The molecule has 2 aromatic carbocycles. The predicted molar refractivity (Wildman–Crippen MR) is 102 cm³/mol. The molecule has 0 spiro atoms.